The van der Waals surface area contributed by atoms with Crippen LogP contribution in [0.5, 0.6) is 0 Å². The van der Waals surface area contributed by atoms with Crippen LogP contribution in [0.15, 0.2) is 29.9 Å². The second-order valence-electron chi connectivity index (χ2n) is 4.01. The second kappa shape index (κ2) is 5.38. The summed E-state index contributed by atoms with van der Waals surface area (Å²) in [5.41, 5.74) is 3.95. The molecule has 17 heavy (non-hydrogen) atoms. The Labute approximate surface area is 105 Å². The third-order valence-corrected chi connectivity index (χ3v) is 3.65. The first-order chi connectivity index (χ1) is 8.20. The van der Waals surface area contributed by atoms with Crippen LogP contribution in [0.25, 0.3) is 0 Å². The Morgan fingerprint density at radius 2 is 2.29 bits per heavy atom. The van der Waals surface area contributed by atoms with Gasteiger partial charge in [0.05, 0.1) is 5.51 Å². The van der Waals surface area contributed by atoms with Crippen LogP contribution in [0.1, 0.15) is 22.0 Å². The van der Waals surface area contributed by atoms with E-state index in [1.807, 2.05) is 31.7 Å². The average Bonchev–Trinajstić information content (AvgIpc) is 2.79. The Morgan fingerprint density at radius 3 is 2.88 bits per heavy atom. The molecular formula is C13H15FN2S. The highest BCUT2D eigenvalue weighted by Gasteiger charge is 2.13. The summed E-state index contributed by atoms with van der Waals surface area (Å²) in [5.74, 6) is -0.182. The van der Waals surface area contributed by atoms with Crippen molar-refractivity contribution in [1.29, 1.82) is 0 Å². The zero-order valence-corrected chi connectivity index (χ0v) is 10.7. The van der Waals surface area contributed by atoms with Gasteiger partial charge in [-0.25, -0.2) is 4.39 Å². The van der Waals surface area contributed by atoms with Gasteiger partial charge >= 0.3 is 0 Å². The van der Waals surface area contributed by atoms with Crippen molar-refractivity contribution in [2.45, 2.75) is 19.4 Å². The van der Waals surface area contributed by atoms with Gasteiger partial charge in [0.2, 0.25) is 0 Å². The van der Waals surface area contributed by atoms with Crippen molar-refractivity contribution in [3.63, 3.8) is 0 Å². The van der Waals surface area contributed by atoms with Gasteiger partial charge in [0.15, 0.2) is 0 Å². The molecule has 1 aromatic heterocycles. The Balaban J connectivity index is 2.23. The Morgan fingerprint density at radius 1 is 1.47 bits per heavy atom. The number of nitrogens with zero attached hydrogens (tertiary/aromatic N) is 1. The molecule has 1 heterocycles. The number of aryl methyl sites for hydroxylation is 1. The van der Waals surface area contributed by atoms with Crippen molar-refractivity contribution in [2.24, 2.45) is 0 Å². The van der Waals surface area contributed by atoms with Crippen LogP contribution in [0, 0.1) is 12.7 Å². The number of benzene rings is 1. The molecule has 90 valence electrons. The third-order valence-electron chi connectivity index (χ3n) is 2.84. The van der Waals surface area contributed by atoms with Crippen molar-refractivity contribution in [3.05, 3.63) is 51.7 Å². The van der Waals surface area contributed by atoms with Crippen LogP contribution in [0.4, 0.5) is 4.39 Å². The van der Waals surface area contributed by atoms with Gasteiger partial charge in [0, 0.05) is 23.5 Å². The van der Waals surface area contributed by atoms with Crippen molar-refractivity contribution in [2.75, 3.05) is 7.05 Å². The zero-order valence-electron chi connectivity index (χ0n) is 9.90. The average molecular weight is 250 g/mol. The molecule has 1 unspecified atom stereocenters. The lowest BCUT2D eigenvalue weighted by atomic mass is 9.98. The van der Waals surface area contributed by atoms with E-state index in [2.05, 4.69) is 10.3 Å². The van der Waals surface area contributed by atoms with Crippen LogP contribution in [-0.2, 0) is 6.42 Å². The van der Waals surface area contributed by atoms with Gasteiger partial charge in [0.25, 0.3) is 0 Å². The van der Waals surface area contributed by atoms with Crippen LogP contribution in [0.2, 0.25) is 0 Å². The Bertz CT molecular complexity index is 482. The van der Waals surface area contributed by atoms with Gasteiger partial charge in [0.1, 0.15) is 5.82 Å². The number of aromatic nitrogens is 1. The maximum absolute atomic E-state index is 13.1. The van der Waals surface area contributed by atoms with Crippen LogP contribution >= 0.6 is 11.3 Å². The highest BCUT2D eigenvalue weighted by atomic mass is 32.1. The quantitative estimate of drug-likeness (QED) is 0.902. The van der Waals surface area contributed by atoms with E-state index >= 15 is 0 Å². The fourth-order valence-electron chi connectivity index (χ4n) is 1.94. The van der Waals surface area contributed by atoms with E-state index in [9.17, 15) is 4.39 Å². The largest absolute Gasteiger partial charge is 0.313 e. The zero-order chi connectivity index (χ0) is 12.3. The molecule has 1 N–H and O–H groups in total. The molecule has 0 amide bonds. The molecule has 4 heteroatoms. The predicted octanol–water partition coefficient (Wildman–Crippen LogP) is 3.09. The molecule has 0 saturated heterocycles. The molecule has 0 radical (unpaired) electrons. The Kier molecular flexibility index (Phi) is 3.86. The summed E-state index contributed by atoms with van der Waals surface area (Å²) >= 11 is 1.65. The molecule has 0 spiro atoms. The van der Waals surface area contributed by atoms with E-state index in [1.165, 1.54) is 10.9 Å². The SMILES string of the molecule is CNC(Cc1cncs1)c1ccc(F)cc1C. The summed E-state index contributed by atoms with van der Waals surface area (Å²) < 4.78 is 13.1. The lowest BCUT2D eigenvalue weighted by molar-refractivity contribution is 0.585. The van der Waals surface area contributed by atoms with E-state index in [4.69, 9.17) is 0 Å². The van der Waals surface area contributed by atoms with Gasteiger partial charge in [-0.2, -0.15) is 0 Å². The van der Waals surface area contributed by atoms with Crippen LogP contribution < -0.4 is 5.32 Å². The van der Waals surface area contributed by atoms with Gasteiger partial charge in [-0.05, 0) is 37.2 Å². The smallest absolute Gasteiger partial charge is 0.123 e. The summed E-state index contributed by atoms with van der Waals surface area (Å²) in [6, 6.07) is 5.15. The van der Waals surface area contributed by atoms with E-state index in [0.717, 1.165) is 17.5 Å². The maximum Gasteiger partial charge on any atom is 0.123 e. The van der Waals surface area contributed by atoms with Crippen LogP contribution in [0.3, 0.4) is 0 Å². The maximum atomic E-state index is 13.1. The lowest BCUT2D eigenvalue weighted by Gasteiger charge is -2.18. The van der Waals surface area contributed by atoms with E-state index in [1.54, 1.807) is 17.4 Å². The predicted molar refractivity (Wildman–Crippen MR) is 68.8 cm³/mol. The number of hydrogen-bond acceptors (Lipinski definition) is 3. The second-order valence-corrected chi connectivity index (χ2v) is 4.98. The Hall–Kier alpha value is -1.26. The topological polar surface area (TPSA) is 24.9 Å². The summed E-state index contributed by atoms with van der Waals surface area (Å²) in [5, 5.41) is 3.27. The van der Waals surface area contributed by atoms with Gasteiger partial charge in [-0.1, -0.05) is 6.07 Å². The molecule has 2 rings (SSSR count). The minimum Gasteiger partial charge on any atom is -0.313 e. The molecule has 1 atom stereocenters. The number of rotatable bonds is 4. The van der Waals surface area contributed by atoms with E-state index < -0.39 is 0 Å². The molecule has 0 fully saturated rings. The van der Waals surface area contributed by atoms with Crippen molar-refractivity contribution < 1.29 is 4.39 Å². The number of thiazole rings is 1. The van der Waals surface area contributed by atoms with Crippen molar-refractivity contribution in [3.8, 4) is 0 Å². The number of halogens is 1. The summed E-state index contributed by atoms with van der Waals surface area (Å²) in [6.45, 7) is 1.94. The third kappa shape index (κ3) is 2.90. The molecule has 2 aromatic rings. The molecule has 0 aliphatic rings. The van der Waals surface area contributed by atoms with Crippen molar-refractivity contribution in [1.82, 2.24) is 10.3 Å². The molecule has 0 aliphatic carbocycles. The normalized spacial score (nSPS) is 12.6. The molecule has 0 saturated carbocycles. The number of nitrogens with one attached hydrogen (secondary N) is 1. The highest BCUT2D eigenvalue weighted by Crippen LogP contribution is 2.23. The number of hydrogen-bond donors (Lipinski definition) is 1. The van der Waals surface area contributed by atoms with Gasteiger partial charge < -0.3 is 5.32 Å². The fraction of sp³-hybridized carbons (Fsp3) is 0.308. The minimum absolute atomic E-state index is 0.182. The standard InChI is InChI=1S/C13H15FN2S/c1-9-5-10(14)3-4-12(9)13(15-2)6-11-7-16-8-17-11/h3-5,7-8,13,15H,6H2,1-2H3. The van der Waals surface area contributed by atoms with Crippen LogP contribution in [-0.4, -0.2) is 12.0 Å². The monoisotopic (exact) mass is 250 g/mol. The first kappa shape index (κ1) is 12.2. The molecule has 2 nitrogen and oxygen atoms in total. The van der Waals surface area contributed by atoms with Gasteiger partial charge in [-0.15, -0.1) is 11.3 Å². The number of likely N-dealkylation sites (N-methyl/N-ethyl adjacent to an activating group) is 1. The molecular weight excluding hydrogens is 235 g/mol. The molecule has 1 aromatic carbocycles. The summed E-state index contributed by atoms with van der Waals surface area (Å²) in [6.07, 6.45) is 2.77. The molecule has 0 bridgehead atoms. The highest BCUT2D eigenvalue weighted by molar-refractivity contribution is 7.09. The summed E-state index contributed by atoms with van der Waals surface area (Å²) in [4.78, 5) is 5.30. The summed E-state index contributed by atoms with van der Waals surface area (Å²) in [7, 11) is 1.93. The van der Waals surface area contributed by atoms with Crippen molar-refractivity contribution >= 4 is 11.3 Å². The molecule has 0 aliphatic heterocycles. The van der Waals surface area contributed by atoms with E-state index in [0.29, 0.717) is 0 Å². The fourth-order valence-corrected chi connectivity index (χ4v) is 2.58. The first-order valence-corrected chi connectivity index (χ1v) is 6.39. The van der Waals surface area contributed by atoms with Gasteiger partial charge in [-0.3, -0.25) is 4.98 Å². The first-order valence-electron chi connectivity index (χ1n) is 5.51. The van der Waals surface area contributed by atoms with E-state index in [-0.39, 0.29) is 11.9 Å². The lowest BCUT2D eigenvalue weighted by Crippen LogP contribution is -2.19. The minimum atomic E-state index is -0.182.